The predicted octanol–water partition coefficient (Wildman–Crippen LogP) is 4.49. The van der Waals surface area contributed by atoms with Crippen LogP contribution in [0.1, 0.15) is 24.5 Å². The summed E-state index contributed by atoms with van der Waals surface area (Å²) < 4.78 is 23.3. The normalized spacial score (nSPS) is 12.8. The van der Waals surface area contributed by atoms with Crippen LogP contribution in [0.4, 0.5) is 5.69 Å². The van der Waals surface area contributed by atoms with Crippen molar-refractivity contribution in [3.8, 4) is 11.1 Å². The molecule has 0 aliphatic heterocycles. The smallest absolute Gasteiger partial charge is 0.327 e. The van der Waals surface area contributed by atoms with Gasteiger partial charge in [0.15, 0.2) is 0 Å². The van der Waals surface area contributed by atoms with Crippen molar-refractivity contribution < 1.29 is 18.7 Å². The van der Waals surface area contributed by atoms with E-state index in [4.69, 9.17) is 0 Å². The first-order valence-electron chi connectivity index (χ1n) is 10.6. The number of hydrogen-bond acceptors (Lipinski definition) is 3. The van der Waals surface area contributed by atoms with E-state index < -0.39 is 23.3 Å². The molecule has 0 heterocycles. The molecule has 3 N–H and O–H groups in total. The van der Waals surface area contributed by atoms with E-state index in [1.165, 1.54) is 0 Å². The fourth-order valence-electron chi connectivity index (χ4n) is 3.58. The largest absolute Gasteiger partial charge is 0.480 e. The van der Waals surface area contributed by atoms with E-state index in [2.05, 4.69) is 18.3 Å². The summed E-state index contributed by atoms with van der Waals surface area (Å²) in [6.07, 6.45) is 1.16. The Hall–Kier alpha value is -3.00. The minimum atomic E-state index is -2.51. The number of hydrogen-bond donors (Lipinski definition) is 3. The predicted molar refractivity (Wildman–Crippen MR) is 129 cm³/mol. The van der Waals surface area contributed by atoms with Gasteiger partial charge in [-0.1, -0.05) is 67.6 Å². The second-order valence-corrected chi connectivity index (χ2v) is 8.38. The van der Waals surface area contributed by atoms with Gasteiger partial charge in [-0.15, -0.1) is 0 Å². The van der Waals surface area contributed by atoms with Crippen LogP contribution in [-0.4, -0.2) is 32.4 Å². The summed E-state index contributed by atoms with van der Waals surface area (Å²) in [6, 6.07) is 23.1. The SMILES string of the molecule is CCCNCc1cccc(-c2cccc(N(C(Cc3ccccc3)C(=O)O)S(=O)O)c2)c1. The number of carboxylic acid groups (broad SMARTS) is 1. The minimum absolute atomic E-state index is 0.102. The number of rotatable bonds is 11. The van der Waals surface area contributed by atoms with Crippen LogP contribution in [0.15, 0.2) is 78.9 Å². The monoisotopic (exact) mass is 452 g/mol. The summed E-state index contributed by atoms with van der Waals surface area (Å²) >= 11 is -2.51. The third kappa shape index (κ3) is 6.26. The van der Waals surface area contributed by atoms with Crippen LogP contribution in [0.2, 0.25) is 0 Å². The van der Waals surface area contributed by atoms with Crippen molar-refractivity contribution >= 4 is 22.9 Å². The summed E-state index contributed by atoms with van der Waals surface area (Å²) in [6.45, 7) is 3.81. The van der Waals surface area contributed by atoms with Gasteiger partial charge < -0.3 is 10.4 Å². The van der Waals surface area contributed by atoms with Crippen LogP contribution >= 0.6 is 0 Å². The Kier molecular flexibility index (Phi) is 8.56. The number of anilines is 1. The van der Waals surface area contributed by atoms with E-state index in [1.54, 1.807) is 18.2 Å². The minimum Gasteiger partial charge on any atom is -0.480 e. The number of nitrogens with zero attached hydrogens (tertiary/aromatic N) is 1. The molecular weight excluding hydrogens is 424 g/mol. The van der Waals surface area contributed by atoms with Crippen LogP contribution in [0, 0.1) is 0 Å². The van der Waals surface area contributed by atoms with E-state index in [1.807, 2.05) is 54.6 Å². The molecule has 32 heavy (non-hydrogen) atoms. The molecule has 0 aromatic heterocycles. The molecule has 3 rings (SSSR count). The summed E-state index contributed by atoms with van der Waals surface area (Å²) in [7, 11) is 0. The molecule has 0 spiro atoms. The van der Waals surface area contributed by atoms with E-state index in [9.17, 15) is 18.7 Å². The molecular formula is C25H28N2O4S. The molecule has 0 aliphatic carbocycles. The molecule has 6 nitrogen and oxygen atoms in total. The molecule has 0 amide bonds. The molecule has 3 aromatic rings. The first-order valence-corrected chi connectivity index (χ1v) is 11.6. The molecule has 0 fully saturated rings. The number of benzene rings is 3. The van der Waals surface area contributed by atoms with Gasteiger partial charge in [-0.3, -0.25) is 8.86 Å². The zero-order chi connectivity index (χ0) is 22.9. The van der Waals surface area contributed by atoms with Crippen molar-refractivity contribution in [3.63, 3.8) is 0 Å². The topological polar surface area (TPSA) is 89.9 Å². The Balaban J connectivity index is 1.91. The number of carboxylic acids is 1. The van der Waals surface area contributed by atoms with Gasteiger partial charge in [-0.2, -0.15) is 0 Å². The molecule has 168 valence electrons. The highest BCUT2D eigenvalue weighted by Crippen LogP contribution is 2.28. The molecule has 0 bridgehead atoms. The molecule has 3 aromatic carbocycles. The fraction of sp³-hybridized carbons (Fsp3) is 0.240. The van der Waals surface area contributed by atoms with Crippen molar-refractivity contribution in [2.45, 2.75) is 32.4 Å². The lowest BCUT2D eigenvalue weighted by molar-refractivity contribution is -0.138. The third-order valence-corrected chi connectivity index (χ3v) is 5.93. The van der Waals surface area contributed by atoms with Crippen LogP contribution in [0.25, 0.3) is 11.1 Å². The molecule has 0 aliphatic rings. The third-order valence-electron chi connectivity index (χ3n) is 5.13. The second-order valence-electron chi connectivity index (χ2n) is 7.53. The number of nitrogens with one attached hydrogen (secondary N) is 1. The highest BCUT2D eigenvalue weighted by molar-refractivity contribution is 7.80. The zero-order valence-corrected chi connectivity index (χ0v) is 18.8. The lowest BCUT2D eigenvalue weighted by Crippen LogP contribution is -2.44. The molecule has 2 atom stereocenters. The Labute approximate surface area is 191 Å². The molecule has 0 saturated heterocycles. The zero-order valence-electron chi connectivity index (χ0n) is 18.0. The van der Waals surface area contributed by atoms with Gasteiger partial charge in [0.05, 0.1) is 5.69 Å². The van der Waals surface area contributed by atoms with Gasteiger partial charge in [0, 0.05) is 13.0 Å². The Morgan fingerprint density at radius 3 is 2.28 bits per heavy atom. The molecule has 7 heteroatoms. The van der Waals surface area contributed by atoms with Gasteiger partial charge in [0.1, 0.15) is 6.04 Å². The van der Waals surface area contributed by atoms with E-state index in [0.29, 0.717) is 5.69 Å². The van der Waals surface area contributed by atoms with Crippen LogP contribution in [0.5, 0.6) is 0 Å². The maximum Gasteiger partial charge on any atom is 0.327 e. The lowest BCUT2D eigenvalue weighted by atomic mass is 10.0. The maximum atomic E-state index is 12.3. The molecule has 2 unspecified atom stereocenters. The highest BCUT2D eigenvalue weighted by Gasteiger charge is 2.30. The average Bonchev–Trinajstić information content (AvgIpc) is 2.80. The first kappa shape index (κ1) is 23.7. The fourth-order valence-corrected chi connectivity index (χ4v) is 4.26. The number of aliphatic carboxylic acids is 1. The van der Waals surface area contributed by atoms with Crippen LogP contribution in [0.3, 0.4) is 0 Å². The lowest BCUT2D eigenvalue weighted by Gasteiger charge is -2.27. The van der Waals surface area contributed by atoms with Crippen molar-refractivity contribution in [1.29, 1.82) is 0 Å². The maximum absolute atomic E-state index is 12.3. The Morgan fingerprint density at radius 2 is 1.62 bits per heavy atom. The van der Waals surface area contributed by atoms with Gasteiger partial charge in [0.25, 0.3) is 11.3 Å². The number of carbonyl (C=O) groups is 1. The Bertz CT molecular complexity index is 1060. The molecule has 0 saturated carbocycles. The van der Waals surface area contributed by atoms with E-state index in [0.717, 1.165) is 46.1 Å². The van der Waals surface area contributed by atoms with Crippen molar-refractivity contribution in [1.82, 2.24) is 5.32 Å². The summed E-state index contributed by atoms with van der Waals surface area (Å²) in [5.74, 6) is -1.16. The standard InChI is InChI=1S/C25H28N2O4S/c1-2-14-26-18-20-10-6-11-21(15-20)22-12-7-13-23(17-22)27(32(30)31)24(25(28)29)16-19-8-4-3-5-9-19/h3-13,15,17,24,26H,2,14,16,18H2,1H3,(H,28,29)(H,30,31). The summed E-state index contributed by atoms with van der Waals surface area (Å²) in [5.41, 5.74) is 4.09. The van der Waals surface area contributed by atoms with Crippen LogP contribution < -0.4 is 9.62 Å². The second kappa shape index (κ2) is 11.6. The van der Waals surface area contributed by atoms with Gasteiger partial charge in [-0.25, -0.2) is 9.00 Å². The van der Waals surface area contributed by atoms with Crippen LogP contribution in [-0.2, 0) is 29.0 Å². The highest BCUT2D eigenvalue weighted by atomic mass is 32.2. The summed E-state index contributed by atoms with van der Waals surface area (Å²) in [4.78, 5) is 12.1. The average molecular weight is 453 g/mol. The van der Waals surface area contributed by atoms with Gasteiger partial charge in [0.2, 0.25) is 0 Å². The quantitative estimate of drug-likeness (QED) is 0.295. The van der Waals surface area contributed by atoms with Crippen molar-refractivity contribution in [3.05, 3.63) is 90.0 Å². The van der Waals surface area contributed by atoms with Gasteiger partial charge >= 0.3 is 5.97 Å². The van der Waals surface area contributed by atoms with E-state index in [-0.39, 0.29) is 6.42 Å². The molecule has 0 radical (unpaired) electrons. The van der Waals surface area contributed by atoms with Gasteiger partial charge in [-0.05, 0) is 53.4 Å². The first-order chi connectivity index (χ1) is 15.5. The van der Waals surface area contributed by atoms with Crippen molar-refractivity contribution in [2.75, 3.05) is 10.8 Å². The Morgan fingerprint density at radius 1 is 0.969 bits per heavy atom. The summed E-state index contributed by atoms with van der Waals surface area (Å²) in [5, 5.41) is 13.2. The van der Waals surface area contributed by atoms with E-state index >= 15 is 0 Å². The van der Waals surface area contributed by atoms with Crippen molar-refractivity contribution in [2.24, 2.45) is 0 Å².